The van der Waals surface area contributed by atoms with Crippen molar-refractivity contribution >= 4 is 23.9 Å². The molecular weight excluding hydrogens is 370 g/mol. The first kappa shape index (κ1) is 23.1. The van der Waals surface area contributed by atoms with Gasteiger partial charge in [-0.15, -0.1) is 0 Å². The molecule has 2 unspecified atom stereocenters. The summed E-state index contributed by atoms with van der Waals surface area (Å²) in [7, 11) is 0. The molecule has 1 heterocycles. The van der Waals surface area contributed by atoms with Crippen LogP contribution in [0.15, 0.2) is 30.3 Å². The number of ether oxygens (including phenoxy) is 1. The van der Waals surface area contributed by atoms with Crippen molar-refractivity contribution in [3.05, 3.63) is 35.9 Å². The first-order valence-corrected chi connectivity index (χ1v) is 8.67. The van der Waals surface area contributed by atoms with E-state index in [0.717, 1.165) is 4.90 Å². The molecule has 0 bridgehead atoms. The number of aliphatic hydroxyl groups is 1. The average molecular weight is 395 g/mol. The fraction of sp³-hybridized carbons (Fsp3) is 0.444. The second-order valence-corrected chi connectivity index (χ2v) is 5.95. The molecule has 1 saturated heterocycles. The van der Waals surface area contributed by atoms with Crippen LogP contribution in [0.2, 0.25) is 0 Å². The fourth-order valence-corrected chi connectivity index (χ4v) is 2.87. The van der Waals surface area contributed by atoms with Gasteiger partial charge in [0.1, 0.15) is 0 Å². The molecule has 0 aliphatic carbocycles. The minimum absolute atomic E-state index is 0.00592. The van der Waals surface area contributed by atoms with Crippen molar-refractivity contribution in [2.75, 3.05) is 19.8 Å². The number of nitrogens with one attached hydrogen (secondary N) is 1. The number of hydrogen-bond donors (Lipinski definition) is 4. The highest BCUT2D eigenvalue weighted by molar-refractivity contribution is 6.22. The topological polar surface area (TPSA) is 159 Å². The summed E-state index contributed by atoms with van der Waals surface area (Å²) < 4.78 is 5.10. The minimum atomic E-state index is -1.47. The number of β-amino-alcohol motifs (C(OH)–C–C–N with tert-alkyl or cyclic N) is 1. The number of amides is 5. The monoisotopic (exact) mass is 395 g/mol. The van der Waals surface area contributed by atoms with E-state index < -0.39 is 35.5 Å². The van der Waals surface area contributed by atoms with Crippen LogP contribution < -0.4 is 11.1 Å². The third kappa shape index (κ3) is 5.27. The zero-order valence-corrected chi connectivity index (χ0v) is 15.8. The van der Waals surface area contributed by atoms with Gasteiger partial charge in [-0.1, -0.05) is 37.3 Å². The molecule has 1 aromatic rings. The highest BCUT2D eigenvalue weighted by atomic mass is 16.5. The van der Waals surface area contributed by atoms with Gasteiger partial charge in [0, 0.05) is 6.61 Å². The number of urea groups is 1. The molecule has 0 spiro atoms. The van der Waals surface area contributed by atoms with Crippen LogP contribution in [-0.4, -0.2) is 64.9 Å². The molecule has 5 N–H and O–H groups in total. The quantitative estimate of drug-likeness (QED) is 0.487. The first-order valence-electron chi connectivity index (χ1n) is 8.67. The molecule has 5 amide bonds. The number of nitrogens with two attached hydrogens (primary N) is 1. The Kier molecular flexibility index (Phi) is 8.55. The summed E-state index contributed by atoms with van der Waals surface area (Å²) in [5, 5.41) is 19.4. The normalized spacial score (nSPS) is 20.1. The van der Waals surface area contributed by atoms with E-state index in [1.54, 1.807) is 44.2 Å². The molecule has 1 aliphatic rings. The van der Waals surface area contributed by atoms with Gasteiger partial charge in [0.15, 0.2) is 5.41 Å². The first-order chi connectivity index (χ1) is 13.2. The zero-order valence-electron chi connectivity index (χ0n) is 15.8. The second kappa shape index (κ2) is 10.4. The predicted octanol–water partition coefficient (Wildman–Crippen LogP) is 0.433. The van der Waals surface area contributed by atoms with E-state index in [4.69, 9.17) is 14.6 Å². The largest absolute Gasteiger partial charge is 0.465 e. The summed E-state index contributed by atoms with van der Waals surface area (Å²) in [5.74, 6) is -1.26. The molecule has 0 radical (unpaired) electrons. The van der Waals surface area contributed by atoms with E-state index in [-0.39, 0.29) is 19.6 Å². The minimum Gasteiger partial charge on any atom is -0.465 e. The summed E-state index contributed by atoms with van der Waals surface area (Å²) in [6.45, 7) is 3.69. The Morgan fingerprint density at radius 2 is 1.82 bits per heavy atom. The van der Waals surface area contributed by atoms with Crippen LogP contribution in [0.25, 0.3) is 0 Å². The molecule has 10 heteroatoms. The Hall–Kier alpha value is -2.98. The van der Waals surface area contributed by atoms with Gasteiger partial charge in [-0.05, 0) is 18.9 Å². The van der Waals surface area contributed by atoms with E-state index in [1.165, 1.54) is 0 Å². The van der Waals surface area contributed by atoms with E-state index >= 15 is 0 Å². The van der Waals surface area contributed by atoms with Crippen molar-refractivity contribution in [1.82, 2.24) is 10.2 Å². The van der Waals surface area contributed by atoms with Crippen LogP contribution in [0.1, 0.15) is 25.8 Å². The average Bonchev–Trinajstić information content (AvgIpc) is 2.64. The number of carbonyl (C=O) groups is 4. The number of imide groups is 2. The lowest BCUT2D eigenvalue weighted by Gasteiger charge is -2.39. The molecule has 154 valence electrons. The maximum absolute atomic E-state index is 13.0. The number of nitrogens with zero attached hydrogens (tertiary/aromatic N) is 1. The van der Waals surface area contributed by atoms with Crippen molar-refractivity contribution in [2.24, 2.45) is 5.73 Å². The van der Waals surface area contributed by atoms with E-state index in [1.807, 2.05) is 0 Å². The Labute approximate surface area is 162 Å². The number of barbiturate groups is 1. The van der Waals surface area contributed by atoms with Crippen molar-refractivity contribution < 1.29 is 34.1 Å². The molecule has 2 rings (SSSR count). The summed E-state index contributed by atoms with van der Waals surface area (Å²) in [6, 6.07) is 7.81. The van der Waals surface area contributed by atoms with Gasteiger partial charge in [0.25, 0.3) is 5.91 Å². The lowest BCUT2D eigenvalue weighted by molar-refractivity contribution is -0.146. The molecule has 0 saturated carbocycles. The third-order valence-electron chi connectivity index (χ3n) is 4.17. The van der Waals surface area contributed by atoms with Crippen molar-refractivity contribution in [1.29, 1.82) is 0 Å². The fourth-order valence-electron chi connectivity index (χ4n) is 2.87. The van der Waals surface area contributed by atoms with E-state index in [2.05, 4.69) is 11.1 Å². The maximum Gasteiger partial charge on any atom is 0.402 e. The van der Waals surface area contributed by atoms with Gasteiger partial charge < -0.3 is 20.7 Å². The lowest BCUT2D eigenvalue weighted by atomic mass is 9.74. The molecule has 1 aromatic carbocycles. The van der Waals surface area contributed by atoms with Crippen molar-refractivity contribution in [3.8, 4) is 0 Å². The molecule has 1 aliphatic heterocycles. The Bertz CT molecular complexity index is 706. The Balaban J connectivity index is 0.000000892. The van der Waals surface area contributed by atoms with Gasteiger partial charge in [-0.2, -0.15) is 0 Å². The van der Waals surface area contributed by atoms with Gasteiger partial charge >= 0.3 is 12.1 Å². The number of rotatable bonds is 7. The number of aliphatic hydroxyl groups excluding tert-OH is 1. The molecule has 28 heavy (non-hydrogen) atoms. The Morgan fingerprint density at radius 3 is 2.32 bits per heavy atom. The summed E-state index contributed by atoms with van der Waals surface area (Å²) in [4.78, 5) is 47.3. The third-order valence-corrected chi connectivity index (χ3v) is 4.17. The van der Waals surface area contributed by atoms with Crippen LogP contribution in [0.5, 0.6) is 0 Å². The summed E-state index contributed by atoms with van der Waals surface area (Å²) in [6.07, 6.45) is -2.15. The molecule has 10 nitrogen and oxygen atoms in total. The second-order valence-electron chi connectivity index (χ2n) is 5.95. The summed E-state index contributed by atoms with van der Waals surface area (Å²) >= 11 is 0. The van der Waals surface area contributed by atoms with Gasteiger partial charge in [-0.3, -0.25) is 19.8 Å². The van der Waals surface area contributed by atoms with Gasteiger partial charge in [0.05, 0.1) is 19.3 Å². The molecule has 1 fully saturated rings. The zero-order chi connectivity index (χ0) is 21.3. The highest BCUT2D eigenvalue weighted by Crippen LogP contribution is 2.33. The standard InChI is InChI=1S/C17H22N2O5.CH3NO2/c1-3-17(12-8-6-5-7-9-12)14(21)18-16(23)19(15(17)22)10-13(20)11-24-4-2;2-1(3)4/h5-9,13,20H,3-4,10-11H2,1-2H3,(H,18,21,23);2H2,(H,3,4). The summed E-state index contributed by atoms with van der Waals surface area (Å²) in [5.41, 5.74) is 3.08. The number of primary amides is 1. The maximum atomic E-state index is 13.0. The Morgan fingerprint density at radius 1 is 1.25 bits per heavy atom. The van der Waals surface area contributed by atoms with E-state index in [0.29, 0.717) is 12.2 Å². The van der Waals surface area contributed by atoms with Crippen LogP contribution >= 0.6 is 0 Å². The van der Waals surface area contributed by atoms with Crippen molar-refractivity contribution in [3.63, 3.8) is 0 Å². The van der Waals surface area contributed by atoms with Gasteiger partial charge in [0.2, 0.25) is 5.91 Å². The SMILES string of the molecule is CCOCC(O)CN1C(=O)NC(=O)C(CC)(c2ccccc2)C1=O.NC(=O)O. The van der Waals surface area contributed by atoms with Crippen LogP contribution in [0, 0.1) is 0 Å². The van der Waals surface area contributed by atoms with Crippen molar-refractivity contribution in [2.45, 2.75) is 31.8 Å². The molecular formula is C18H25N3O7. The van der Waals surface area contributed by atoms with Crippen LogP contribution in [0.3, 0.4) is 0 Å². The van der Waals surface area contributed by atoms with Crippen LogP contribution in [0.4, 0.5) is 9.59 Å². The molecule has 0 aromatic heterocycles. The number of hydrogen-bond acceptors (Lipinski definition) is 6. The predicted molar refractivity (Wildman–Crippen MR) is 98.4 cm³/mol. The number of carbonyl (C=O) groups excluding carboxylic acids is 3. The smallest absolute Gasteiger partial charge is 0.402 e. The molecule has 2 atom stereocenters. The van der Waals surface area contributed by atoms with Crippen LogP contribution in [-0.2, 0) is 19.7 Å². The van der Waals surface area contributed by atoms with E-state index in [9.17, 15) is 19.5 Å². The number of carboxylic acid groups (broad SMARTS) is 1. The lowest BCUT2D eigenvalue weighted by Crippen LogP contribution is -2.66. The number of benzene rings is 1. The highest BCUT2D eigenvalue weighted by Gasteiger charge is 2.54. The van der Waals surface area contributed by atoms with Gasteiger partial charge in [-0.25, -0.2) is 9.59 Å².